The molecule has 1 amide bonds. The van der Waals surface area contributed by atoms with E-state index in [2.05, 4.69) is 10.3 Å². The number of aliphatic hydroxyl groups excluding tert-OH is 1. The number of rotatable bonds is 4. The number of ether oxygens (including phenoxy) is 1. The molecule has 0 fully saturated rings. The first-order valence-corrected chi connectivity index (χ1v) is 6.33. The van der Waals surface area contributed by atoms with E-state index in [1.54, 1.807) is 21.0 Å². The summed E-state index contributed by atoms with van der Waals surface area (Å²) in [5.41, 5.74) is 0.400. The van der Waals surface area contributed by atoms with Crippen LogP contribution in [0.3, 0.4) is 0 Å². The largest absolute Gasteiger partial charge is 0.509 e. The quantitative estimate of drug-likeness (QED) is 0.825. The predicted molar refractivity (Wildman–Crippen MR) is 77.1 cm³/mol. The maximum absolute atomic E-state index is 11.7. The molecule has 20 heavy (non-hydrogen) atoms. The fourth-order valence-corrected chi connectivity index (χ4v) is 2.04. The fourth-order valence-electron chi connectivity index (χ4n) is 2.04. The van der Waals surface area contributed by atoms with E-state index in [0.29, 0.717) is 6.54 Å². The van der Waals surface area contributed by atoms with Gasteiger partial charge in [-0.25, -0.2) is 0 Å². The number of carbonyl (C=O) groups is 1. The van der Waals surface area contributed by atoms with Crippen LogP contribution >= 0.6 is 0 Å². The molecular formula is C15H18N2O3. The Morgan fingerprint density at radius 2 is 2.10 bits per heavy atom. The minimum Gasteiger partial charge on any atom is -0.509 e. The molecule has 0 spiro atoms. The molecule has 5 nitrogen and oxygen atoms in total. The molecule has 106 valence electrons. The maximum Gasteiger partial charge on any atom is 0.257 e. The summed E-state index contributed by atoms with van der Waals surface area (Å²) >= 11 is 0. The van der Waals surface area contributed by atoms with Gasteiger partial charge in [-0.3, -0.25) is 9.79 Å². The van der Waals surface area contributed by atoms with Crippen molar-refractivity contribution in [2.24, 2.45) is 4.99 Å². The van der Waals surface area contributed by atoms with Crippen molar-refractivity contribution in [1.82, 2.24) is 5.32 Å². The van der Waals surface area contributed by atoms with Crippen molar-refractivity contribution >= 4 is 12.1 Å². The smallest absolute Gasteiger partial charge is 0.257 e. The third kappa shape index (κ3) is 2.66. The summed E-state index contributed by atoms with van der Waals surface area (Å²) in [6, 6.07) is 7.54. The normalized spacial score (nSPS) is 17.6. The standard InChI is InChI=1S/C15H18N2O3/c1-15(2)13(18)11(14(19)17-15)9-16-8-10-6-4-5-7-12(10)20-3/h4-7,9,18H,8H2,1-3H3,(H,17,19). The summed E-state index contributed by atoms with van der Waals surface area (Å²) < 4.78 is 5.23. The number of hydrogen-bond donors (Lipinski definition) is 2. The van der Waals surface area contributed by atoms with Crippen LogP contribution in [-0.2, 0) is 11.3 Å². The van der Waals surface area contributed by atoms with Crippen LogP contribution < -0.4 is 10.1 Å². The van der Waals surface area contributed by atoms with Gasteiger partial charge in [0.25, 0.3) is 5.91 Å². The highest BCUT2D eigenvalue weighted by molar-refractivity contribution is 6.15. The van der Waals surface area contributed by atoms with E-state index < -0.39 is 5.54 Å². The van der Waals surface area contributed by atoms with E-state index in [-0.39, 0.29) is 17.2 Å². The average Bonchev–Trinajstić information content (AvgIpc) is 2.61. The average molecular weight is 274 g/mol. The summed E-state index contributed by atoms with van der Waals surface area (Å²) in [7, 11) is 1.60. The Balaban J connectivity index is 2.15. The van der Waals surface area contributed by atoms with E-state index in [0.717, 1.165) is 11.3 Å². The molecule has 1 heterocycles. The molecule has 0 aromatic heterocycles. The number of aliphatic imine (C=N–C) groups is 1. The minimum absolute atomic E-state index is 0.0197. The lowest BCUT2D eigenvalue weighted by molar-refractivity contribution is -0.117. The van der Waals surface area contributed by atoms with Gasteiger partial charge in [0, 0.05) is 11.8 Å². The van der Waals surface area contributed by atoms with Gasteiger partial charge in [-0.1, -0.05) is 18.2 Å². The SMILES string of the molecule is COc1ccccc1CN=CC1=C(O)C(C)(C)NC1=O. The van der Waals surface area contributed by atoms with Gasteiger partial charge < -0.3 is 15.2 Å². The second-order valence-electron chi connectivity index (χ2n) is 5.12. The van der Waals surface area contributed by atoms with Crippen LogP contribution in [0, 0.1) is 0 Å². The van der Waals surface area contributed by atoms with Crippen LogP contribution in [0.5, 0.6) is 5.75 Å². The molecule has 0 atom stereocenters. The number of para-hydroxylation sites is 1. The van der Waals surface area contributed by atoms with Gasteiger partial charge in [0.15, 0.2) is 0 Å². The van der Waals surface area contributed by atoms with Crippen LogP contribution in [-0.4, -0.2) is 29.9 Å². The monoisotopic (exact) mass is 274 g/mol. The Labute approximate surface area is 118 Å². The maximum atomic E-state index is 11.7. The van der Waals surface area contributed by atoms with Crippen LogP contribution in [0.4, 0.5) is 0 Å². The van der Waals surface area contributed by atoms with E-state index >= 15 is 0 Å². The number of amides is 1. The Bertz CT molecular complexity index is 589. The molecule has 5 heteroatoms. The van der Waals surface area contributed by atoms with Crippen molar-refractivity contribution < 1.29 is 14.6 Å². The molecule has 0 aliphatic carbocycles. The van der Waals surface area contributed by atoms with Crippen molar-refractivity contribution in [1.29, 1.82) is 0 Å². The van der Waals surface area contributed by atoms with Crippen molar-refractivity contribution in [2.45, 2.75) is 25.9 Å². The Morgan fingerprint density at radius 1 is 1.40 bits per heavy atom. The molecule has 0 unspecified atom stereocenters. The van der Waals surface area contributed by atoms with Crippen LogP contribution in [0.25, 0.3) is 0 Å². The number of aliphatic hydroxyl groups is 1. The highest BCUT2D eigenvalue weighted by atomic mass is 16.5. The van der Waals surface area contributed by atoms with Gasteiger partial charge in [-0.05, 0) is 19.9 Å². The number of nitrogens with zero attached hydrogens (tertiary/aromatic N) is 1. The molecule has 1 aromatic carbocycles. The van der Waals surface area contributed by atoms with Crippen molar-refractivity contribution in [3.05, 3.63) is 41.2 Å². The summed E-state index contributed by atoms with van der Waals surface area (Å²) in [5.74, 6) is 0.460. The van der Waals surface area contributed by atoms with Crippen LogP contribution in [0.1, 0.15) is 19.4 Å². The molecule has 1 aliphatic rings. The van der Waals surface area contributed by atoms with E-state index in [4.69, 9.17) is 4.74 Å². The summed E-state index contributed by atoms with van der Waals surface area (Å²) in [5, 5.41) is 12.7. The minimum atomic E-state index is -0.733. The van der Waals surface area contributed by atoms with E-state index in [9.17, 15) is 9.90 Å². The van der Waals surface area contributed by atoms with Crippen LogP contribution in [0.15, 0.2) is 40.6 Å². The van der Waals surface area contributed by atoms with Gasteiger partial charge in [0.05, 0.1) is 24.8 Å². The lowest BCUT2D eigenvalue weighted by Crippen LogP contribution is -2.38. The van der Waals surface area contributed by atoms with Crippen molar-refractivity contribution in [3.63, 3.8) is 0 Å². The topological polar surface area (TPSA) is 70.9 Å². The van der Waals surface area contributed by atoms with Crippen molar-refractivity contribution in [2.75, 3.05) is 7.11 Å². The molecular weight excluding hydrogens is 256 g/mol. The molecule has 0 saturated carbocycles. The molecule has 2 N–H and O–H groups in total. The van der Waals surface area contributed by atoms with E-state index in [1.807, 2.05) is 24.3 Å². The zero-order valence-electron chi connectivity index (χ0n) is 11.8. The Hall–Kier alpha value is -2.30. The molecule has 1 aromatic rings. The van der Waals surface area contributed by atoms with Crippen molar-refractivity contribution in [3.8, 4) is 5.75 Å². The predicted octanol–water partition coefficient (Wildman–Crippen LogP) is 1.99. The number of methoxy groups -OCH3 is 1. The zero-order valence-corrected chi connectivity index (χ0v) is 11.8. The van der Waals surface area contributed by atoms with Gasteiger partial charge in [-0.15, -0.1) is 0 Å². The zero-order chi connectivity index (χ0) is 14.8. The third-order valence-electron chi connectivity index (χ3n) is 3.19. The number of nitrogens with one attached hydrogen (secondary N) is 1. The second-order valence-corrected chi connectivity index (χ2v) is 5.12. The first-order valence-electron chi connectivity index (χ1n) is 6.33. The van der Waals surface area contributed by atoms with E-state index in [1.165, 1.54) is 6.21 Å². The number of hydrogen-bond acceptors (Lipinski definition) is 4. The summed E-state index contributed by atoms with van der Waals surface area (Å²) in [6.07, 6.45) is 1.41. The molecule has 2 rings (SSSR count). The molecule has 1 aliphatic heterocycles. The molecule has 0 radical (unpaired) electrons. The lowest BCUT2D eigenvalue weighted by atomic mass is 10.0. The summed E-state index contributed by atoms with van der Waals surface area (Å²) in [4.78, 5) is 15.9. The Kier molecular flexibility index (Phi) is 3.79. The van der Waals surface area contributed by atoms with Gasteiger partial charge >= 0.3 is 0 Å². The second kappa shape index (κ2) is 5.36. The first-order chi connectivity index (χ1) is 9.45. The highest BCUT2D eigenvalue weighted by Gasteiger charge is 2.37. The molecule has 0 bridgehead atoms. The Morgan fingerprint density at radius 3 is 2.70 bits per heavy atom. The fraction of sp³-hybridized carbons (Fsp3) is 0.333. The third-order valence-corrected chi connectivity index (χ3v) is 3.19. The van der Waals surface area contributed by atoms with Crippen LogP contribution in [0.2, 0.25) is 0 Å². The van der Waals surface area contributed by atoms with Gasteiger partial charge in [0.2, 0.25) is 0 Å². The number of benzene rings is 1. The first kappa shape index (κ1) is 14.1. The van der Waals surface area contributed by atoms with Gasteiger partial charge in [-0.2, -0.15) is 0 Å². The van der Waals surface area contributed by atoms with Gasteiger partial charge in [0.1, 0.15) is 11.5 Å². The lowest BCUT2D eigenvalue weighted by Gasteiger charge is -2.17. The number of carbonyl (C=O) groups excluding carboxylic acids is 1. The summed E-state index contributed by atoms with van der Waals surface area (Å²) in [6.45, 7) is 3.86. The highest BCUT2D eigenvalue weighted by Crippen LogP contribution is 2.23. The molecule has 0 saturated heterocycles.